The lowest BCUT2D eigenvalue weighted by Crippen LogP contribution is -2.11. The van der Waals surface area contributed by atoms with Gasteiger partial charge in [0.25, 0.3) is 0 Å². The van der Waals surface area contributed by atoms with Gasteiger partial charge < -0.3 is 19.9 Å². The lowest BCUT2D eigenvalue weighted by atomic mass is 10.2. The Morgan fingerprint density at radius 1 is 1.14 bits per heavy atom. The van der Waals surface area contributed by atoms with E-state index in [0.717, 1.165) is 22.6 Å². The fourth-order valence-electron chi connectivity index (χ4n) is 2.02. The van der Waals surface area contributed by atoms with E-state index in [-0.39, 0.29) is 11.8 Å². The van der Waals surface area contributed by atoms with Crippen molar-refractivity contribution in [3.8, 4) is 11.5 Å². The molecule has 1 aromatic carbocycles. The van der Waals surface area contributed by atoms with E-state index in [1.807, 2.05) is 30.3 Å². The molecule has 0 spiro atoms. The zero-order chi connectivity index (χ0) is 14.7. The third-order valence-electron chi connectivity index (χ3n) is 3.05. The normalized spacial score (nSPS) is 12.4. The number of thiocarbonyl (C=S) groups is 1. The number of ether oxygens (including phenoxy) is 3. The molecule has 3 rings (SSSR count). The molecular formula is C15H14N2O3S. The van der Waals surface area contributed by atoms with Crippen LogP contribution in [0.1, 0.15) is 16.8 Å². The highest BCUT2D eigenvalue weighted by atomic mass is 32.1. The molecule has 1 aliphatic heterocycles. The minimum atomic E-state index is 0.276. The Balaban J connectivity index is 1.59. The number of rotatable bonds is 5. The molecule has 1 aromatic heterocycles. The molecular weight excluding hydrogens is 288 g/mol. The van der Waals surface area contributed by atoms with Crippen molar-refractivity contribution in [2.75, 3.05) is 6.79 Å². The first kappa shape index (κ1) is 13.8. The molecule has 0 unspecified atom stereocenters. The van der Waals surface area contributed by atoms with Crippen molar-refractivity contribution in [2.45, 2.75) is 13.2 Å². The number of hydrogen-bond acceptors (Lipinski definition) is 5. The van der Waals surface area contributed by atoms with E-state index in [9.17, 15) is 0 Å². The Hall–Kier alpha value is -2.18. The lowest BCUT2D eigenvalue weighted by molar-refractivity contribution is 0.107. The molecule has 0 aliphatic carbocycles. The van der Waals surface area contributed by atoms with Crippen LogP contribution in [0.2, 0.25) is 0 Å². The predicted octanol–water partition coefficient (Wildman–Crippen LogP) is 2.16. The van der Waals surface area contributed by atoms with Gasteiger partial charge in [-0.25, -0.2) is 0 Å². The molecule has 108 valence electrons. The van der Waals surface area contributed by atoms with Crippen molar-refractivity contribution in [2.24, 2.45) is 5.73 Å². The van der Waals surface area contributed by atoms with E-state index in [2.05, 4.69) is 4.98 Å². The Labute approximate surface area is 127 Å². The first-order chi connectivity index (χ1) is 10.2. The topological polar surface area (TPSA) is 66.6 Å². The average Bonchev–Trinajstić information content (AvgIpc) is 2.95. The van der Waals surface area contributed by atoms with Crippen LogP contribution in [-0.2, 0) is 18.0 Å². The van der Waals surface area contributed by atoms with Crippen LogP contribution >= 0.6 is 12.2 Å². The van der Waals surface area contributed by atoms with E-state index in [1.54, 1.807) is 6.20 Å². The summed E-state index contributed by atoms with van der Waals surface area (Å²) in [5.41, 5.74) is 8.17. The average molecular weight is 302 g/mol. The zero-order valence-electron chi connectivity index (χ0n) is 11.2. The van der Waals surface area contributed by atoms with Crippen LogP contribution in [0, 0.1) is 0 Å². The van der Waals surface area contributed by atoms with E-state index in [4.69, 9.17) is 32.2 Å². The summed E-state index contributed by atoms with van der Waals surface area (Å²) in [6, 6.07) is 9.48. The standard InChI is InChI=1S/C15H14N2O3S/c16-15(21)12-5-11(3-4-17-12)8-18-7-10-1-2-13-14(6-10)20-9-19-13/h1-6H,7-9H2,(H2,16,21). The number of pyridine rings is 1. The summed E-state index contributed by atoms with van der Waals surface area (Å²) in [5.74, 6) is 1.53. The van der Waals surface area contributed by atoms with Gasteiger partial charge in [0.15, 0.2) is 11.5 Å². The van der Waals surface area contributed by atoms with Gasteiger partial charge in [0.1, 0.15) is 4.99 Å². The summed E-state index contributed by atoms with van der Waals surface area (Å²) < 4.78 is 16.3. The zero-order valence-corrected chi connectivity index (χ0v) is 12.1. The molecule has 6 heteroatoms. The SMILES string of the molecule is NC(=S)c1cc(COCc2ccc3c(c2)OCO3)ccn1. The number of hydrogen-bond donors (Lipinski definition) is 1. The second kappa shape index (κ2) is 6.07. The molecule has 0 atom stereocenters. The van der Waals surface area contributed by atoms with Crippen molar-refractivity contribution in [3.63, 3.8) is 0 Å². The largest absolute Gasteiger partial charge is 0.454 e. The van der Waals surface area contributed by atoms with Crippen LogP contribution < -0.4 is 15.2 Å². The Bertz CT molecular complexity index is 676. The summed E-state index contributed by atoms with van der Waals surface area (Å²) in [5, 5.41) is 0. The first-order valence-corrected chi connectivity index (χ1v) is 6.84. The van der Waals surface area contributed by atoms with Crippen molar-refractivity contribution in [1.82, 2.24) is 4.98 Å². The second-order valence-electron chi connectivity index (χ2n) is 4.59. The van der Waals surface area contributed by atoms with E-state index in [1.165, 1.54) is 0 Å². The molecule has 2 heterocycles. The molecule has 0 saturated carbocycles. The van der Waals surface area contributed by atoms with Gasteiger partial charge in [-0.1, -0.05) is 18.3 Å². The smallest absolute Gasteiger partial charge is 0.231 e. The number of benzene rings is 1. The van der Waals surface area contributed by atoms with Gasteiger partial charge in [-0.2, -0.15) is 0 Å². The molecule has 2 aromatic rings. The number of aromatic nitrogens is 1. The Kier molecular flexibility index (Phi) is 3.98. The fraction of sp³-hybridized carbons (Fsp3) is 0.200. The Morgan fingerprint density at radius 3 is 2.71 bits per heavy atom. The van der Waals surface area contributed by atoms with Crippen LogP contribution in [0.3, 0.4) is 0 Å². The molecule has 0 fully saturated rings. The number of nitrogens with zero attached hydrogens (tertiary/aromatic N) is 1. The molecule has 0 radical (unpaired) electrons. The van der Waals surface area contributed by atoms with Crippen LogP contribution in [0.25, 0.3) is 0 Å². The molecule has 1 aliphatic rings. The Morgan fingerprint density at radius 2 is 1.90 bits per heavy atom. The number of fused-ring (bicyclic) bond motifs is 1. The van der Waals surface area contributed by atoms with Gasteiger partial charge >= 0.3 is 0 Å². The van der Waals surface area contributed by atoms with Gasteiger partial charge in [-0.05, 0) is 35.4 Å². The first-order valence-electron chi connectivity index (χ1n) is 6.43. The van der Waals surface area contributed by atoms with E-state index < -0.39 is 0 Å². The van der Waals surface area contributed by atoms with Gasteiger partial charge in [-0.3, -0.25) is 4.98 Å². The highest BCUT2D eigenvalue weighted by Gasteiger charge is 2.13. The minimum Gasteiger partial charge on any atom is -0.454 e. The van der Waals surface area contributed by atoms with Crippen molar-refractivity contribution in [3.05, 3.63) is 53.3 Å². The second-order valence-corrected chi connectivity index (χ2v) is 5.03. The maximum absolute atomic E-state index is 5.69. The summed E-state index contributed by atoms with van der Waals surface area (Å²) in [6.45, 7) is 1.23. The molecule has 2 N–H and O–H groups in total. The van der Waals surface area contributed by atoms with Crippen LogP contribution in [0.15, 0.2) is 36.5 Å². The quantitative estimate of drug-likeness (QED) is 0.854. The monoisotopic (exact) mass is 302 g/mol. The molecule has 21 heavy (non-hydrogen) atoms. The molecule has 5 nitrogen and oxygen atoms in total. The number of nitrogens with two attached hydrogens (primary N) is 1. The third kappa shape index (κ3) is 3.29. The van der Waals surface area contributed by atoms with Crippen LogP contribution in [0.5, 0.6) is 11.5 Å². The molecule has 0 bridgehead atoms. The van der Waals surface area contributed by atoms with E-state index >= 15 is 0 Å². The van der Waals surface area contributed by atoms with Crippen molar-refractivity contribution >= 4 is 17.2 Å². The van der Waals surface area contributed by atoms with Crippen LogP contribution in [0.4, 0.5) is 0 Å². The third-order valence-corrected chi connectivity index (χ3v) is 3.26. The van der Waals surface area contributed by atoms with Gasteiger partial charge in [0, 0.05) is 6.20 Å². The van der Waals surface area contributed by atoms with Crippen LogP contribution in [-0.4, -0.2) is 16.8 Å². The van der Waals surface area contributed by atoms with Crippen molar-refractivity contribution in [1.29, 1.82) is 0 Å². The molecule has 0 saturated heterocycles. The lowest BCUT2D eigenvalue weighted by Gasteiger charge is -2.06. The highest BCUT2D eigenvalue weighted by Crippen LogP contribution is 2.32. The predicted molar refractivity (Wildman–Crippen MR) is 81.2 cm³/mol. The van der Waals surface area contributed by atoms with Gasteiger partial charge in [0.2, 0.25) is 6.79 Å². The van der Waals surface area contributed by atoms with Gasteiger partial charge in [-0.15, -0.1) is 0 Å². The summed E-state index contributed by atoms with van der Waals surface area (Å²) in [6.07, 6.45) is 1.67. The summed E-state index contributed by atoms with van der Waals surface area (Å²) in [4.78, 5) is 4.38. The summed E-state index contributed by atoms with van der Waals surface area (Å²) in [7, 11) is 0. The minimum absolute atomic E-state index is 0.276. The molecule has 0 amide bonds. The maximum Gasteiger partial charge on any atom is 0.231 e. The maximum atomic E-state index is 5.69. The van der Waals surface area contributed by atoms with E-state index in [0.29, 0.717) is 18.9 Å². The highest BCUT2D eigenvalue weighted by molar-refractivity contribution is 7.80. The fourth-order valence-corrected chi connectivity index (χ4v) is 2.13. The van der Waals surface area contributed by atoms with Gasteiger partial charge in [0.05, 0.1) is 18.9 Å². The summed E-state index contributed by atoms with van der Waals surface area (Å²) >= 11 is 4.91. The van der Waals surface area contributed by atoms with Crippen molar-refractivity contribution < 1.29 is 14.2 Å².